The molecule has 0 saturated carbocycles. The van der Waals surface area contributed by atoms with Crippen LogP contribution in [-0.2, 0) is 19.1 Å². The number of esters is 1. The maximum absolute atomic E-state index is 11.6. The van der Waals surface area contributed by atoms with Crippen LogP contribution in [0.5, 0.6) is 0 Å². The zero-order valence-electron chi connectivity index (χ0n) is 12.0. The fourth-order valence-electron chi connectivity index (χ4n) is 1.26. The Morgan fingerprint density at radius 2 is 1.79 bits per heavy atom. The van der Waals surface area contributed by atoms with Gasteiger partial charge in [-0.3, -0.25) is 9.59 Å². The summed E-state index contributed by atoms with van der Waals surface area (Å²) in [7, 11) is 2.71. The van der Waals surface area contributed by atoms with Crippen LogP contribution < -0.4 is 10.6 Å². The van der Waals surface area contributed by atoms with E-state index in [4.69, 9.17) is 4.74 Å². The molecule has 0 aromatic carbocycles. The number of carbonyl (C=O) groups is 3. The van der Waals surface area contributed by atoms with Crippen molar-refractivity contribution >= 4 is 18.0 Å². The van der Waals surface area contributed by atoms with Crippen molar-refractivity contribution in [1.29, 1.82) is 0 Å². The van der Waals surface area contributed by atoms with Crippen LogP contribution in [0.25, 0.3) is 0 Å². The summed E-state index contributed by atoms with van der Waals surface area (Å²) in [6.07, 6.45) is -0.526. The number of methoxy groups -OCH3 is 1. The first-order valence-corrected chi connectivity index (χ1v) is 5.97. The first-order chi connectivity index (χ1) is 8.69. The smallest absolute Gasteiger partial charge is 0.408 e. The molecule has 2 amide bonds. The zero-order chi connectivity index (χ0) is 15.1. The molecular formula is C12H22N2O5. The van der Waals surface area contributed by atoms with Gasteiger partial charge in [-0.25, -0.2) is 4.79 Å². The molecule has 0 aromatic heterocycles. The molecule has 0 aliphatic rings. The summed E-state index contributed by atoms with van der Waals surface area (Å²) in [6.45, 7) is 5.15. The second-order valence-corrected chi connectivity index (χ2v) is 4.93. The highest BCUT2D eigenvalue weighted by molar-refractivity contribution is 5.86. The van der Waals surface area contributed by atoms with E-state index in [0.717, 1.165) is 0 Å². The lowest BCUT2D eigenvalue weighted by atomic mass is 10.1. The molecule has 0 saturated heterocycles. The average Bonchev–Trinajstić information content (AvgIpc) is 2.30. The van der Waals surface area contributed by atoms with Crippen LogP contribution in [0, 0.1) is 0 Å². The molecule has 19 heavy (non-hydrogen) atoms. The van der Waals surface area contributed by atoms with E-state index in [1.807, 2.05) is 0 Å². The first-order valence-electron chi connectivity index (χ1n) is 5.97. The number of likely N-dealkylation sites (N-methyl/N-ethyl adjacent to an activating group) is 1. The molecule has 0 fully saturated rings. The van der Waals surface area contributed by atoms with Crippen molar-refractivity contribution in [2.45, 2.75) is 45.3 Å². The molecule has 0 unspecified atom stereocenters. The molecule has 0 heterocycles. The third-order valence-electron chi connectivity index (χ3n) is 2.12. The van der Waals surface area contributed by atoms with E-state index >= 15 is 0 Å². The van der Waals surface area contributed by atoms with Gasteiger partial charge in [0.05, 0.1) is 7.11 Å². The number of amides is 2. The maximum Gasteiger partial charge on any atom is 0.408 e. The van der Waals surface area contributed by atoms with E-state index in [9.17, 15) is 14.4 Å². The summed E-state index contributed by atoms with van der Waals surface area (Å²) in [5.74, 6) is -0.838. The van der Waals surface area contributed by atoms with Gasteiger partial charge >= 0.3 is 12.1 Å². The second kappa shape index (κ2) is 7.60. The minimum atomic E-state index is -0.834. The number of hydrogen-bond acceptors (Lipinski definition) is 5. The minimum Gasteiger partial charge on any atom is -0.469 e. The molecule has 0 aliphatic heterocycles. The summed E-state index contributed by atoms with van der Waals surface area (Å²) in [5.41, 5.74) is -0.653. The summed E-state index contributed by atoms with van der Waals surface area (Å²) < 4.78 is 9.53. The van der Waals surface area contributed by atoms with Gasteiger partial charge in [-0.2, -0.15) is 0 Å². The summed E-state index contributed by atoms with van der Waals surface area (Å²) in [6, 6.07) is -0.834. The van der Waals surface area contributed by atoms with Crippen LogP contribution in [0.1, 0.15) is 33.6 Å². The van der Waals surface area contributed by atoms with Crippen LogP contribution in [0.2, 0.25) is 0 Å². The highest BCUT2D eigenvalue weighted by atomic mass is 16.6. The van der Waals surface area contributed by atoms with Crippen molar-refractivity contribution in [3.8, 4) is 0 Å². The van der Waals surface area contributed by atoms with Crippen molar-refractivity contribution in [2.75, 3.05) is 14.2 Å². The topological polar surface area (TPSA) is 93.7 Å². The summed E-state index contributed by atoms with van der Waals surface area (Å²) >= 11 is 0. The van der Waals surface area contributed by atoms with Gasteiger partial charge in [-0.1, -0.05) is 0 Å². The fourth-order valence-corrected chi connectivity index (χ4v) is 1.26. The number of hydrogen-bond donors (Lipinski definition) is 2. The number of ether oxygens (including phenoxy) is 2. The molecule has 0 aromatic rings. The highest BCUT2D eigenvalue weighted by Gasteiger charge is 2.24. The second-order valence-electron chi connectivity index (χ2n) is 4.93. The van der Waals surface area contributed by atoms with Gasteiger partial charge in [0.15, 0.2) is 0 Å². The standard InChI is InChI=1S/C12H22N2O5/c1-12(2,3)19-11(17)14-8(10(16)13-4)6-7-9(15)18-5/h8H,6-7H2,1-5H3,(H,13,16)(H,14,17)/t8-/m0/s1. The number of alkyl carbamates (subject to hydrolysis) is 1. The normalized spacial score (nSPS) is 12.3. The van der Waals surface area contributed by atoms with Gasteiger partial charge in [-0.05, 0) is 27.2 Å². The fraction of sp³-hybridized carbons (Fsp3) is 0.750. The van der Waals surface area contributed by atoms with E-state index in [2.05, 4.69) is 15.4 Å². The zero-order valence-corrected chi connectivity index (χ0v) is 12.0. The number of nitrogens with one attached hydrogen (secondary N) is 2. The van der Waals surface area contributed by atoms with Crippen molar-refractivity contribution in [3.05, 3.63) is 0 Å². The predicted octanol–water partition coefficient (Wildman–Crippen LogP) is 0.579. The molecule has 0 aliphatic carbocycles. The Morgan fingerprint density at radius 3 is 2.21 bits per heavy atom. The largest absolute Gasteiger partial charge is 0.469 e. The monoisotopic (exact) mass is 274 g/mol. The Morgan fingerprint density at radius 1 is 1.21 bits per heavy atom. The van der Waals surface area contributed by atoms with E-state index in [0.29, 0.717) is 0 Å². The van der Waals surface area contributed by atoms with E-state index in [1.165, 1.54) is 14.2 Å². The number of carbonyl (C=O) groups excluding carboxylic acids is 3. The Labute approximate surface area is 113 Å². The van der Waals surface area contributed by atoms with Crippen LogP contribution in [0.15, 0.2) is 0 Å². The Kier molecular flexibility index (Phi) is 6.89. The third kappa shape index (κ3) is 8.01. The van der Waals surface area contributed by atoms with Gasteiger partial charge in [0.1, 0.15) is 11.6 Å². The summed E-state index contributed by atoms with van der Waals surface area (Å²) in [4.78, 5) is 34.2. The first kappa shape index (κ1) is 17.2. The van der Waals surface area contributed by atoms with Gasteiger partial charge < -0.3 is 20.1 Å². The van der Waals surface area contributed by atoms with Gasteiger partial charge in [-0.15, -0.1) is 0 Å². The van der Waals surface area contributed by atoms with Crippen LogP contribution in [0.4, 0.5) is 4.79 Å². The third-order valence-corrected chi connectivity index (χ3v) is 2.12. The van der Waals surface area contributed by atoms with Gasteiger partial charge in [0.25, 0.3) is 0 Å². The Bertz CT molecular complexity index is 336. The molecular weight excluding hydrogens is 252 g/mol. The van der Waals surface area contributed by atoms with Crippen molar-refractivity contribution in [1.82, 2.24) is 10.6 Å². The average molecular weight is 274 g/mol. The highest BCUT2D eigenvalue weighted by Crippen LogP contribution is 2.08. The predicted molar refractivity (Wildman–Crippen MR) is 68.5 cm³/mol. The maximum atomic E-state index is 11.6. The van der Waals surface area contributed by atoms with Gasteiger partial charge in [0.2, 0.25) is 5.91 Å². The quantitative estimate of drug-likeness (QED) is 0.715. The number of rotatable bonds is 5. The minimum absolute atomic E-state index is 0.0321. The lowest BCUT2D eigenvalue weighted by Gasteiger charge is -2.22. The molecule has 1 atom stereocenters. The van der Waals surface area contributed by atoms with Crippen LogP contribution in [0.3, 0.4) is 0 Å². The van der Waals surface area contributed by atoms with E-state index < -0.39 is 29.6 Å². The van der Waals surface area contributed by atoms with Crippen LogP contribution in [-0.4, -0.2) is 43.8 Å². The van der Waals surface area contributed by atoms with Gasteiger partial charge in [0, 0.05) is 13.5 Å². The molecule has 110 valence electrons. The molecule has 0 radical (unpaired) electrons. The molecule has 0 rings (SSSR count). The van der Waals surface area contributed by atoms with Crippen LogP contribution >= 0.6 is 0 Å². The molecule has 0 bridgehead atoms. The Hall–Kier alpha value is -1.79. The molecule has 2 N–H and O–H groups in total. The van der Waals surface area contributed by atoms with Crippen molar-refractivity contribution in [3.63, 3.8) is 0 Å². The summed E-state index contributed by atoms with van der Waals surface area (Å²) in [5, 5.41) is 4.84. The van der Waals surface area contributed by atoms with E-state index in [-0.39, 0.29) is 12.8 Å². The SMILES string of the molecule is CNC(=O)[C@H](CCC(=O)OC)NC(=O)OC(C)(C)C. The lowest BCUT2D eigenvalue weighted by molar-refractivity contribution is -0.141. The molecule has 7 nitrogen and oxygen atoms in total. The van der Waals surface area contributed by atoms with E-state index in [1.54, 1.807) is 20.8 Å². The van der Waals surface area contributed by atoms with Crippen molar-refractivity contribution < 1.29 is 23.9 Å². The van der Waals surface area contributed by atoms with Crippen molar-refractivity contribution in [2.24, 2.45) is 0 Å². The molecule has 7 heteroatoms. The Balaban J connectivity index is 4.47. The molecule has 0 spiro atoms. The lowest BCUT2D eigenvalue weighted by Crippen LogP contribution is -2.47.